The van der Waals surface area contributed by atoms with Crippen LogP contribution < -0.4 is 10.4 Å². The van der Waals surface area contributed by atoms with Gasteiger partial charge >= 0.3 is 11.8 Å². The number of carbonyl (C=O) groups is 1. The van der Waals surface area contributed by atoms with E-state index in [1.165, 1.54) is 16.2 Å². The van der Waals surface area contributed by atoms with Gasteiger partial charge in [-0.15, -0.1) is 0 Å². The third-order valence-corrected chi connectivity index (χ3v) is 11.5. The van der Waals surface area contributed by atoms with Crippen LogP contribution in [0.5, 0.6) is 17.2 Å². The summed E-state index contributed by atoms with van der Waals surface area (Å²) in [7, 11) is 0. The van der Waals surface area contributed by atoms with E-state index < -0.39 is 5.69 Å². The molecule has 0 saturated carbocycles. The van der Waals surface area contributed by atoms with Crippen LogP contribution in [0.1, 0.15) is 60.4 Å². The molecule has 13 heteroatoms. The highest BCUT2D eigenvalue weighted by atomic mass is 16.6. The number of hydrogen-bond donors (Lipinski definition) is 3. The highest BCUT2D eigenvalue weighted by molar-refractivity contribution is 6.01. The molecule has 0 radical (unpaired) electrons. The number of benzene rings is 3. The zero-order valence-electron chi connectivity index (χ0n) is 30.9. The van der Waals surface area contributed by atoms with Crippen molar-refractivity contribution in [3.8, 4) is 34.3 Å². The van der Waals surface area contributed by atoms with Crippen molar-refractivity contribution < 1.29 is 24.5 Å². The Morgan fingerprint density at radius 3 is 2.61 bits per heavy atom. The normalized spacial score (nSPS) is 15.9. The maximum absolute atomic E-state index is 13.4. The maximum atomic E-state index is 13.4. The number of aromatic hydroxyl groups is 2. The Morgan fingerprint density at radius 2 is 1.77 bits per heavy atom. The number of phenols is 2. The summed E-state index contributed by atoms with van der Waals surface area (Å²) >= 11 is 0. The van der Waals surface area contributed by atoms with Crippen molar-refractivity contribution in [3.05, 3.63) is 118 Å². The number of nitrogens with one attached hydrogen (secondary N) is 1. The second-order valence-electron chi connectivity index (χ2n) is 15.3. The van der Waals surface area contributed by atoms with Crippen LogP contribution in [0.25, 0.3) is 50.5 Å². The maximum Gasteiger partial charge on any atom is 0.415 e. The number of rotatable bonds is 5. The summed E-state index contributed by atoms with van der Waals surface area (Å²) < 4.78 is 14.9. The number of H-pyrrole nitrogens is 1. The van der Waals surface area contributed by atoms with E-state index in [2.05, 4.69) is 44.0 Å². The zero-order valence-corrected chi connectivity index (χ0v) is 30.9. The molecule has 0 aliphatic carbocycles. The molecule has 0 spiro atoms. The molecule has 4 aromatic heterocycles. The van der Waals surface area contributed by atoms with Crippen LogP contribution in [-0.4, -0.2) is 69.4 Å². The van der Waals surface area contributed by atoms with Gasteiger partial charge in [-0.05, 0) is 95.6 Å². The molecule has 1 saturated heterocycles. The number of carbonyl (C=O) groups excluding carboxylic acids is 1. The molecule has 0 unspecified atom stereocenters. The van der Waals surface area contributed by atoms with E-state index in [1.54, 1.807) is 23.3 Å². The molecule has 56 heavy (non-hydrogen) atoms. The number of pyridine rings is 2. The molecule has 282 valence electrons. The van der Waals surface area contributed by atoms with Gasteiger partial charge < -0.3 is 29.0 Å². The second kappa shape index (κ2) is 13.0. The number of hydrogen-bond acceptors (Lipinski definition) is 9. The van der Waals surface area contributed by atoms with Crippen LogP contribution in [0.15, 0.2) is 84.1 Å². The van der Waals surface area contributed by atoms with E-state index in [9.17, 15) is 19.8 Å². The van der Waals surface area contributed by atoms with Gasteiger partial charge in [0.15, 0.2) is 5.82 Å². The average Bonchev–Trinajstić information content (AvgIpc) is 3.90. The Kier molecular flexibility index (Phi) is 7.89. The lowest BCUT2D eigenvalue weighted by molar-refractivity contribution is 0.0975. The quantitative estimate of drug-likeness (QED) is 0.166. The molecular formula is C43H39N7O6. The third-order valence-electron chi connectivity index (χ3n) is 11.5. The summed E-state index contributed by atoms with van der Waals surface area (Å²) in [6.45, 7) is 7.09. The van der Waals surface area contributed by atoms with Crippen molar-refractivity contribution in [2.24, 2.45) is 0 Å². The summed E-state index contributed by atoms with van der Waals surface area (Å²) in [4.78, 5) is 35.6. The van der Waals surface area contributed by atoms with Crippen molar-refractivity contribution in [2.75, 3.05) is 13.1 Å². The monoisotopic (exact) mass is 749 g/mol. The fraction of sp³-hybridized carbons (Fsp3) is 0.256. The first-order valence-electron chi connectivity index (χ1n) is 18.9. The number of likely N-dealkylation sites (tertiary alicyclic amines) is 1. The topological polar surface area (TPSA) is 150 Å². The molecule has 7 aromatic rings. The van der Waals surface area contributed by atoms with E-state index in [4.69, 9.17) is 14.5 Å². The Balaban J connectivity index is 0.804. The number of amides is 1. The fourth-order valence-corrected chi connectivity index (χ4v) is 8.48. The third kappa shape index (κ3) is 5.73. The van der Waals surface area contributed by atoms with Crippen molar-refractivity contribution in [1.29, 1.82) is 0 Å². The molecule has 3 aromatic carbocycles. The molecule has 0 bridgehead atoms. The first-order valence-corrected chi connectivity index (χ1v) is 18.9. The minimum absolute atomic E-state index is 0.000913. The van der Waals surface area contributed by atoms with Crippen LogP contribution >= 0.6 is 0 Å². The largest absolute Gasteiger partial charge is 0.508 e. The molecule has 7 heterocycles. The second-order valence-corrected chi connectivity index (χ2v) is 15.3. The number of ether oxygens (including phenoxy) is 2. The molecule has 1 amide bonds. The van der Waals surface area contributed by atoms with Gasteiger partial charge in [-0.3, -0.25) is 4.90 Å². The minimum atomic E-state index is -0.424. The molecular weight excluding hydrogens is 711 g/mol. The minimum Gasteiger partial charge on any atom is -0.508 e. The number of piperidine rings is 1. The van der Waals surface area contributed by atoms with Crippen molar-refractivity contribution in [2.45, 2.75) is 58.3 Å². The Hall–Kier alpha value is -6.60. The Morgan fingerprint density at radius 1 is 0.929 bits per heavy atom. The van der Waals surface area contributed by atoms with E-state index in [0.29, 0.717) is 48.8 Å². The van der Waals surface area contributed by atoms with Gasteiger partial charge in [0.05, 0.1) is 34.1 Å². The van der Waals surface area contributed by atoms with Gasteiger partial charge in [-0.1, -0.05) is 19.9 Å². The van der Waals surface area contributed by atoms with Gasteiger partial charge in [0.25, 0.3) is 0 Å². The zero-order chi connectivity index (χ0) is 38.2. The van der Waals surface area contributed by atoms with Crippen LogP contribution in [0.2, 0.25) is 0 Å². The summed E-state index contributed by atoms with van der Waals surface area (Å²) in [6, 6.07) is 19.0. The molecule has 10 rings (SSSR count). The van der Waals surface area contributed by atoms with Crippen molar-refractivity contribution in [3.63, 3.8) is 0 Å². The van der Waals surface area contributed by atoms with Crippen LogP contribution in [0, 0.1) is 0 Å². The summed E-state index contributed by atoms with van der Waals surface area (Å²) in [5.41, 5.74) is 8.55. The van der Waals surface area contributed by atoms with Gasteiger partial charge in [0, 0.05) is 67.0 Å². The predicted octanol–water partition coefficient (Wildman–Crippen LogP) is 7.20. The number of aromatic amines is 1. The van der Waals surface area contributed by atoms with Crippen LogP contribution in [-0.2, 0) is 24.4 Å². The lowest BCUT2D eigenvalue weighted by atomic mass is 9.98. The van der Waals surface area contributed by atoms with Crippen LogP contribution in [0.3, 0.4) is 0 Å². The Bertz CT molecular complexity index is 2830. The lowest BCUT2D eigenvalue weighted by Crippen LogP contribution is -2.46. The van der Waals surface area contributed by atoms with Gasteiger partial charge in [-0.2, -0.15) is 5.10 Å². The van der Waals surface area contributed by atoms with E-state index >= 15 is 0 Å². The summed E-state index contributed by atoms with van der Waals surface area (Å²) in [5, 5.41) is 29.8. The fourth-order valence-electron chi connectivity index (χ4n) is 8.48. The molecule has 13 nitrogen and oxygen atoms in total. The van der Waals surface area contributed by atoms with Gasteiger partial charge in [0.2, 0.25) is 0 Å². The van der Waals surface area contributed by atoms with Crippen LogP contribution in [0.4, 0.5) is 4.79 Å². The Labute approximate surface area is 320 Å². The molecule has 3 aliphatic rings. The first kappa shape index (κ1) is 33.9. The van der Waals surface area contributed by atoms with Gasteiger partial charge in [0.1, 0.15) is 23.9 Å². The van der Waals surface area contributed by atoms with Crippen molar-refractivity contribution in [1.82, 2.24) is 33.9 Å². The number of aromatic nitrogens is 5. The van der Waals surface area contributed by atoms with E-state index in [1.807, 2.05) is 50.3 Å². The summed E-state index contributed by atoms with van der Waals surface area (Å²) in [6.07, 6.45) is 9.13. The lowest BCUT2D eigenvalue weighted by Gasteiger charge is -2.36. The number of phenolic OH excluding ortho intramolecular Hbond substituents is 2. The molecule has 0 atom stereocenters. The van der Waals surface area contributed by atoms with E-state index in [0.717, 1.165) is 63.4 Å². The number of fused-ring (bicyclic) bond motifs is 6. The average molecular weight is 750 g/mol. The van der Waals surface area contributed by atoms with E-state index in [-0.39, 0.29) is 35.4 Å². The standard InChI is InChI=1S/C43H39N7O6/c1-24(2)34-17-35(39(52)18-38(34)51)41-45-46-42(53)50(41)32-4-3-26-19-48(20-28(26)14-32)31-7-10-47(11-8-31)43(54)56-33-5-6-36-27(15-33)13-29-21-49-22-30-23-55-12-9-25(30)16-37(49)40(29)44-36/h3-6,9,12-18,21-22,24,31,51-52H,7-8,10-11,19-20,23H2,1-2H3,(H,46,53). The number of nitrogens with zero attached hydrogens (tertiary/aromatic N) is 6. The van der Waals surface area contributed by atoms with Crippen molar-refractivity contribution >= 4 is 39.5 Å². The highest BCUT2D eigenvalue weighted by Crippen LogP contribution is 2.38. The summed E-state index contributed by atoms with van der Waals surface area (Å²) in [5.74, 6) is 0.583. The highest BCUT2D eigenvalue weighted by Gasteiger charge is 2.32. The van der Waals surface area contributed by atoms with Gasteiger partial charge in [-0.25, -0.2) is 24.2 Å². The first-order chi connectivity index (χ1) is 27.2. The molecule has 3 N–H and O–H groups in total. The predicted molar refractivity (Wildman–Crippen MR) is 211 cm³/mol. The smallest absolute Gasteiger partial charge is 0.415 e. The molecule has 3 aliphatic heterocycles. The SMILES string of the molecule is CC(C)c1cc(-c2n[nH]c(=O)n2-c2ccc3c(c2)CN(C2CCN(C(=O)Oc4ccc5nc6c(cc5c4)cn4cc5c(cc64)C=COC5)CC2)C3)c(O)cc1O. The molecule has 1 fully saturated rings.